The zero-order valence-corrected chi connectivity index (χ0v) is 13.9. The van der Waals surface area contributed by atoms with Crippen molar-refractivity contribution < 1.29 is 9.53 Å². The summed E-state index contributed by atoms with van der Waals surface area (Å²) in [5, 5.41) is 0. The van der Waals surface area contributed by atoms with Crippen LogP contribution in [-0.2, 0) is 9.53 Å². The van der Waals surface area contributed by atoms with Crippen molar-refractivity contribution in [2.24, 2.45) is 5.73 Å². The second-order valence-electron chi connectivity index (χ2n) is 5.40. The standard InChI is InChI=1S/C16H25N3O2.ClH/c1-21-13-12-18-8-5-9-19(11-10-18)16(20)15(17)14-6-3-2-4-7-14;/h2-4,6-7,15H,5,8-13,17H2,1H3;1H. The molecule has 0 radical (unpaired) electrons. The molecule has 0 saturated carbocycles. The van der Waals surface area contributed by atoms with Gasteiger partial charge in [0.05, 0.1) is 6.61 Å². The van der Waals surface area contributed by atoms with E-state index in [1.807, 2.05) is 35.2 Å². The van der Waals surface area contributed by atoms with Crippen molar-refractivity contribution in [1.82, 2.24) is 9.80 Å². The quantitative estimate of drug-likeness (QED) is 0.885. The Kier molecular flexibility index (Phi) is 8.42. The Morgan fingerprint density at radius 1 is 1.23 bits per heavy atom. The molecule has 0 bridgehead atoms. The van der Waals surface area contributed by atoms with Gasteiger partial charge in [0.2, 0.25) is 5.91 Å². The summed E-state index contributed by atoms with van der Waals surface area (Å²) in [5.41, 5.74) is 6.99. The highest BCUT2D eigenvalue weighted by Crippen LogP contribution is 2.14. The van der Waals surface area contributed by atoms with Crippen LogP contribution in [0.4, 0.5) is 0 Å². The average molecular weight is 328 g/mol. The van der Waals surface area contributed by atoms with Crippen LogP contribution < -0.4 is 5.73 Å². The van der Waals surface area contributed by atoms with E-state index in [-0.39, 0.29) is 18.3 Å². The molecule has 6 heteroatoms. The van der Waals surface area contributed by atoms with Crippen molar-refractivity contribution in [3.63, 3.8) is 0 Å². The van der Waals surface area contributed by atoms with E-state index in [1.165, 1.54) is 0 Å². The minimum Gasteiger partial charge on any atom is -0.383 e. The summed E-state index contributed by atoms with van der Waals surface area (Å²) in [6.45, 7) is 5.07. The number of benzene rings is 1. The Hall–Kier alpha value is -1.14. The molecule has 1 atom stereocenters. The molecule has 22 heavy (non-hydrogen) atoms. The third-order valence-electron chi connectivity index (χ3n) is 3.94. The Morgan fingerprint density at radius 3 is 2.64 bits per heavy atom. The topological polar surface area (TPSA) is 58.8 Å². The average Bonchev–Trinajstić information content (AvgIpc) is 2.78. The van der Waals surface area contributed by atoms with Gasteiger partial charge in [0, 0.05) is 33.3 Å². The molecule has 1 aromatic rings. The van der Waals surface area contributed by atoms with Crippen LogP contribution >= 0.6 is 12.4 Å². The van der Waals surface area contributed by atoms with Crippen LogP contribution in [0.15, 0.2) is 30.3 Å². The predicted octanol–water partition coefficient (Wildman–Crippen LogP) is 1.29. The van der Waals surface area contributed by atoms with Gasteiger partial charge >= 0.3 is 0 Å². The molecule has 2 rings (SSSR count). The zero-order valence-electron chi connectivity index (χ0n) is 13.1. The number of hydrogen-bond acceptors (Lipinski definition) is 4. The fourth-order valence-electron chi connectivity index (χ4n) is 2.63. The van der Waals surface area contributed by atoms with E-state index in [2.05, 4.69) is 4.90 Å². The molecule has 0 aliphatic carbocycles. The number of nitrogens with two attached hydrogens (primary N) is 1. The minimum absolute atomic E-state index is 0. The van der Waals surface area contributed by atoms with Crippen molar-refractivity contribution >= 4 is 18.3 Å². The van der Waals surface area contributed by atoms with Gasteiger partial charge in [-0.1, -0.05) is 30.3 Å². The monoisotopic (exact) mass is 327 g/mol. The number of carbonyl (C=O) groups is 1. The fraction of sp³-hybridized carbons (Fsp3) is 0.562. The van der Waals surface area contributed by atoms with Crippen LogP contribution in [-0.4, -0.2) is 62.1 Å². The fourth-order valence-corrected chi connectivity index (χ4v) is 2.63. The molecule has 1 aromatic carbocycles. The SMILES string of the molecule is COCCN1CCCN(C(=O)C(N)c2ccccc2)CC1.Cl. The molecule has 1 unspecified atom stereocenters. The van der Waals surface area contributed by atoms with Gasteiger partial charge in [-0.15, -0.1) is 12.4 Å². The number of ether oxygens (including phenoxy) is 1. The van der Waals surface area contributed by atoms with Crippen LogP contribution in [0.5, 0.6) is 0 Å². The van der Waals surface area contributed by atoms with Crippen molar-refractivity contribution in [1.29, 1.82) is 0 Å². The smallest absolute Gasteiger partial charge is 0.244 e. The lowest BCUT2D eigenvalue weighted by Crippen LogP contribution is -2.41. The van der Waals surface area contributed by atoms with E-state index >= 15 is 0 Å². The second kappa shape index (κ2) is 9.79. The first-order valence-corrected chi connectivity index (χ1v) is 7.53. The predicted molar refractivity (Wildman–Crippen MR) is 90.1 cm³/mol. The summed E-state index contributed by atoms with van der Waals surface area (Å²) in [6, 6.07) is 9.02. The Labute approximate surface area is 138 Å². The van der Waals surface area contributed by atoms with Crippen LogP contribution in [0.1, 0.15) is 18.0 Å². The molecule has 1 amide bonds. The molecule has 124 valence electrons. The molecule has 1 aliphatic heterocycles. The van der Waals surface area contributed by atoms with E-state index in [0.29, 0.717) is 0 Å². The maximum Gasteiger partial charge on any atom is 0.244 e. The Balaban J connectivity index is 0.00000242. The number of hydrogen-bond donors (Lipinski definition) is 1. The maximum atomic E-state index is 12.5. The summed E-state index contributed by atoms with van der Waals surface area (Å²) in [6.07, 6.45) is 0.983. The third-order valence-corrected chi connectivity index (χ3v) is 3.94. The van der Waals surface area contributed by atoms with Gasteiger partial charge in [-0.05, 0) is 18.5 Å². The third kappa shape index (κ3) is 5.25. The lowest BCUT2D eigenvalue weighted by Gasteiger charge is -2.24. The minimum atomic E-state index is -0.559. The molecule has 1 saturated heterocycles. The first-order valence-electron chi connectivity index (χ1n) is 7.53. The van der Waals surface area contributed by atoms with Crippen LogP contribution in [0.25, 0.3) is 0 Å². The lowest BCUT2D eigenvalue weighted by molar-refractivity contribution is -0.132. The number of halogens is 1. The highest BCUT2D eigenvalue weighted by atomic mass is 35.5. The highest BCUT2D eigenvalue weighted by molar-refractivity contribution is 5.85. The second-order valence-corrected chi connectivity index (χ2v) is 5.40. The first-order chi connectivity index (χ1) is 10.2. The molecule has 5 nitrogen and oxygen atoms in total. The van der Waals surface area contributed by atoms with Crippen molar-refractivity contribution in [3.05, 3.63) is 35.9 Å². The molecular formula is C16H26ClN3O2. The molecule has 2 N–H and O–H groups in total. The van der Waals surface area contributed by atoms with Crippen LogP contribution in [0.3, 0.4) is 0 Å². The zero-order chi connectivity index (χ0) is 15.1. The van der Waals surface area contributed by atoms with Crippen molar-refractivity contribution in [2.45, 2.75) is 12.5 Å². The van der Waals surface area contributed by atoms with Gasteiger partial charge in [0.15, 0.2) is 0 Å². The van der Waals surface area contributed by atoms with Gasteiger partial charge in [0.1, 0.15) is 6.04 Å². The van der Waals surface area contributed by atoms with E-state index in [4.69, 9.17) is 10.5 Å². The Bertz CT molecular complexity index is 444. The molecule has 1 fully saturated rings. The van der Waals surface area contributed by atoms with E-state index in [1.54, 1.807) is 7.11 Å². The van der Waals surface area contributed by atoms with E-state index in [9.17, 15) is 4.79 Å². The van der Waals surface area contributed by atoms with Gasteiger partial charge < -0.3 is 15.4 Å². The summed E-state index contributed by atoms with van der Waals surface area (Å²) in [7, 11) is 1.71. The Morgan fingerprint density at radius 2 is 1.95 bits per heavy atom. The summed E-state index contributed by atoms with van der Waals surface area (Å²) in [5.74, 6) is 0.0230. The molecular weight excluding hydrogens is 302 g/mol. The van der Waals surface area contributed by atoms with Crippen molar-refractivity contribution in [2.75, 3.05) is 46.4 Å². The van der Waals surface area contributed by atoms with Gasteiger partial charge in [-0.2, -0.15) is 0 Å². The largest absolute Gasteiger partial charge is 0.383 e. The summed E-state index contributed by atoms with van der Waals surface area (Å²) >= 11 is 0. The maximum absolute atomic E-state index is 12.5. The molecule has 0 aromatic heterocycles. The normalized spacial score (nSPS) is 17.5. The van der Waals surface area contributed by atoms with Gasteiger partial charge in [0.25, 0.3) is 0 Å². The number of carbonyl (C=O) groups excluding carboxylic acids is 1. The van der Waals surface area contributed by atoms with Gasteiger partial charge in [-0.3, -0.25) is 9.69 Å². The highest BCUT2D eigenvalue weighted by Gasteiger charge is 2.24. The van der Waals surface area contributed by atoms with Crippen molar-refractivity contribution in [3.8, 4) is 0 Å². The van der Waals surface area contributed by atoms with Crippen LogP contribution in [0.2, 0.25) is 0 Å². The molecule has 1 heterocycles. The number of amides is 1. The van der Waals surface area contributed by atoms with Crippen LogP contribution in [0, 0.1) is 0 Å². The van der Waals surface area contributed by atoms with Gasteiger partial charge in [-0.25, -0.2) is 0 Å². The molecule has 1 aliphatic rings. The lowest BCUT2D eigenvalue weighted by atomic mass is 10.1. The van der Waals surface area contributed by atoms with E-state index in [0.717, 1.165) is 51.3 Å². The first kappa shape index (κ1) is 18.9. The molecule has 0 spiro atoms. The summed E-state index contributed by atoms with van der Waals surface area (Å²) < 4.78 is 5.11. The summed E-state index contributed by atoms with van der Waals surface area (Å²) in [4.78, 5) is 16.8. The number of methoxy groups -OCH3 is 1. The number of nitrogens with zero attached hydrogens (tertiary/aromatic N) is 2. The van der Waals surface area contributed by atoms with E-state index < -0.39 is 6.04 Å². The number of rotatable bonds is 5.